The molecule has 25 heavy (non-hydrogen) atoms. The first kappa shape index (κ1) is 17.4. The number of hydrogen-bond donors (Lipinski definition) is 1. The first-order valence-electron chi connectivity index (χ1n) is 8.62. The highest BCUT2D eigenvalue weighted by atomic mass is 16.5. The normalized spacial score (nSPS) is 24.2. The number of piperazine rings is 1. The van der Waals surface area contributed by atoms with Crippen molar-refractivity contribution in [1.29, 1.82) is 0 Å². The molecule has 1 N–H and O–H groups in total. The average Bonchev–Trinajstić information content (AvgIpc) is 2.63. The summed E-state index contributed by atoms with van der Waals surface area (Å²) in [5, 5.41) is 2.84. The van der Waals surface area contributed by atoms with Crippen molar-refractivity contribution < 1.29 is 19.1 Å². The van der Waals surface area contributed by atoms with Gasteiger partial charge >= 0.3 is 0 Å². The van der Waals surface area contributed by atoms with Crippen LogP contribution in [0, 0.1) is 0 Å². The summed E-state index contributed by atoms with van der Waals surface area (Å²) >= 11 is 0. The van der Waals surface area contributed by atoms with Crippen LogP contribution in [-0.2, 0) is 19.1 Å². The SMILES string of the molecule is CCCN1CCN(C(=O)[C@H]2OCC(=O)N[C@@H]2c2ccccc2)CC1=O. The van der Waals surface area contributed by atoms with Crippen molar-refractivity contribution in [1.82, 2.24) is 15.1 Å². The molecule has 3 amide bonds. The molecule has 0 spiro atoms. The van der Waals surface area contributed by atoms with Crippen LogP contribution in [0.25, 0.3) is 0 Å². The van der Waals surface area contributed by atoms with E-state index in [0.717, 1.165) is 12.0 Å². The summed E-state index contributed by atoms with van der Waals surface area (Å²) in [6, 6.07) is 8.74. The van der Waals surface area contributed by atoms with E-state index in [2.05, 4.69) is 5.32 Å². The maximum absolute atomic E-state index is 12.9. The Kier molecular flexibility index (Phi) is 5.33. The minimum Gasteiger partial charge on any atom is -0.356 e. The fourth-order valence-electron chi connectivity index (χ4n) is 3.27. The minimum absolute atomic E-state index is 0.0439. The first-order chi connectivity index (χ1) is 12.1. The van der Waals surface area contributed by atoms with Gasteiger partial charge in [-0.15, -0.1) is 0 Å². The number of morpholine rings is 1. The molecule has 0 radical (unpaired) electrons. The van der Waals surface area contributed by atoms with Crippen LogP contribution in [0.4, 0.5) is 0 Å². The first-order valence-corrected chi connectivity index (χ1v) is 8.62. The van der Waals surface area contributed by atoms with Crippen LogP contribution in [-0.4, -0.2) is 66.4 Å². The van der Waals surface area contributed by atoms with E-state index >= 15 is 0 Å². The molecule has 1 aromatic carbocycles. The molecule has 0 unspecified atom stereocenters. The lowest BCUT2D eigenvalue weighted by Gasteiger charge is -2.38. The van der Waals surface area contributed by atoms with Gasteiger partial charge in [0.2, 0.25) is 11.8 Å². The van der Waals surface area contributed by atoms with E-state index in [1.807, 2.05) is 37.3 Å². The van der Waals surface area contributed by atoms with Gasteiger partial charge in [-0.2, -0.15) is 0 Å². The highest BCUT2D eigenvalue weighted by Gasteiger charge is 2.40. The van der Waals surface area contributed by atoms with Crippen molar-refractivity contribution >= 4 is 17.7 Å². The Labute approximate surface area is 146 Å². The van der Waals surface area contributed by atoms with Gasteiger partial charge in [-0.1, -0.05) is 37.3 Å². The number of carbonyl (C=O) groups is 3. The van der Waals surface area contributed by atoms with Gasteiger partial charge in [0.1, 0.15) is 6.61 Å². The van der Waals surface area contributed by atoms with E-state index < -0.39 is 12.1 Å². The summed E-state index contributed by atoms with van der Waals surface area (Å²) in [4.78, 5) is 40.2. The van der Waals surface area contributed by atoms with Crippen LogP contribution in [0.3, 0.4) is 0 Å². The second kappa shape index (κ2) is 7.65. The van der Waals surface area contributed by atoms with Gasteiger partial charge in [-0.25, -0.2) is 0 Å². The van der Waals surface area contributed by atoms with E-state index in [1.165, 1.54) is 4.90 Å². The van der Waals surface area contributed by atoms with Crippen molar-refractivity contribution in [3.63, 3.8) is 0 Å². The van der Waals surface area contributed by atoms with Crippen LogP contribution >= 0.6 is 0 Å². The number of benzene rings is 1. The van der Waals surface area contributed by atoms with Crippen LogP contribution in [0.2, 0.25) is 0 Å². The van der Waals surface area contributed by atoms with Crippen LogP contribution < -0.4 is 5.32 Å². The average molecular weight is 345 g/mol. The fourth-order valence-corrected chi connectivity index (χ4v) is 3.27. The number of carbonyl (C=O) groups excluding carboxylic acids is 3. The van der Waals surface area contributed by atoms with E-state index in [4.69, 9.17) is 4.74 Å². The predicted molar refractivity (Wildman–Crippen MR) is 90.5 cm³/mol. The summed E-state index contributed by atoms with van der Waals surface area (Å²) in [5.74, 6) is -0.544. The maximum atomic E-state index is 12.9. The van der Waals surface area contributed by atoms with Gasteiger partial charge in [0.25, 0.3) is 5.91 Å². The molecule has 3 rings (SSSR count). The van der Waals surface area contributed by atoms with Gasteiger partial charge < -0.3 is 19.9 Å². The lowest BCUT2D eigenvalue weighted by Crippen LogP contribution is -2.58. The largest absolute Gasteiger partial charge is 0.356 e. The zero-order valence-corrected chi connectivity index (χ0v) is 14.3. The maximum Gasteiger partial charge on any atom is 0.254 e. The third-order valence-corrected chi connectivity index (χ3v) is 4.54. The molecule has 1 aromatic rings. The van der Waals surface area contributed by atoms with Crippen molar-refractivity contribution in [3.05, 3.63) is 35.9 Å². The molecule has 7 nitrogen and oxygen atoms in total. The molecule has 0 saturated carbocycles. The van der Waals surface area contributed by atoms with Crippen molar-refractivity contribution in [2.45, 2.75) is 25.5 Å². The van der Waals surface area contributed by atoms with Crippen LogP contribution in [0.15, 0.2) is 30.3 Å². The lowest BCUT2D eigenvalue weighted by atomic mass is 9.98. The zero-order valence-electron chi connectivity index (χ0n) is 14.3. The molecule has 134 valence electrons. The number of rotatable bonds is 4. The smallest absolute Gasteiger partial charge is 0.254 e. The lowest BCUT2D eigenvalue weighted by molar-refractivity contribution is -0.160. The highest BCUT2D eigenvalue weighted by Crippen LogP contribution is 2.24. The van der Waals surface area contributed by atoms with Gasteiger partial charge in [0.05, 0.1) is 12.6 Å². The zero-order chi connectivity index (χ0) is 17.8. The predicted octanol–water partition coefficient (Wildman–Crippen LogP) is 0.324. The number of nitrogens with zero attached hydrogens (tertiary/aromatic N) is 2. The molecule has 7 heteroatoms. The summed E-state index contributed by atoms with van der Waals surface area (Å²) in [6.07, 6.45) is 0.0821. The second-order valence-electron chi connectivity index (χ2n) is 6.33. The molecule has 2 aliphatic heterocycles. The van der Waals surface area contributed by atoms with E-state index in [-0.39, 0.29) is 30.9 Å². The Balaban J connectivity index is 1.73. The van der Waals surface area contributed by atoms with Gasteiger partial charge in [-0.3, -0.25) is 14.4 Å². The molecular formula is C18H23N3O4. The molecule has 2 aliphatic rings. The number of hydrogen-bond acceptors (Lipinski definition) is 4. The summed E-state index contributed by atoms with van der Waals surface area (Å²) < 4.78 is 5.55. The Hall–Kier alpha value is -2.41. The van der Waals surface area contributed by atoms with Gasteiger partial charge in [0.15, 0.2) is 6.10 Å². The second-order valence-corrected chi connectivity index (χ2v) is 6.33. The molecule has 2 heterocycles. The van der Waals surface area contributed by atoms with Crippen molar-refractivity contribution in [2.24, 2.45) is 0 Å². The minimum atomic E-state index is -0.814. The quantitative estimate of drug-likeness (QED) is 0.853. The van der Waals surface area contributed by atoms with Crippen LogP contribution in [0.5, 0.6) is 0 Å². The molecular weight excluding hydrogens is 322 g/mol. The fraction of sp³-hybridized carbons (Fsp3) is 0.500. The number of amides is 3. The number of ether oxygens (including phenoxy) is 1. The molecule has 2 saturated heterocycles. The molecule has 2 atom stereocenters. The topological polar surface area (TPSA) is 79.0 Å². The number of nitrogens with one attached hydrogen (secondary N) is 1. The highest BCUT2D eigenvalue weighted by molar-refractivity contribution is 5.90. The van der Waals surface area contributed by atoms with E-state index in [1.54, 1.807) is 4.90 Å². The van der Waals surface area contributed by atoms with Gasteiger partial charge in [0, 0.05) is 19.6 Å². The molecule has 0 aromatic heterocycles. The van der Waals surface area contributed by atoms with Crippen molar-refractivity contribution in [2.75, 3.05) is 32.8 Å². The Morgan fingerprint density at radius 2 is 2.00 bits per heavy atom. The Morgan fingerprint density at radius 3 is 2.68 bits per heavy atom. The Morgan fingerprint density at radius 1 is 1.24 bits per heavy atom. The summed E-state index contributed by atoms with van der Waals surface area (Å²) in [7, 11) is 0. The van der Waals surface area contributed by atoms with Gasteiger partial charge in [-0.05, 0) is 12.0 Å². The molecule has 2 fully saturated rings. The summed E-state index contributed by atoms with van der Waals surface area (Å²) in [6.45, 7) is 3.67. The standard InChI is InChI=1S/C18H23N3O4/c1-2-8-20-9-10-21(11-15(20)23)18(24)17-16(19-14(22)12-25-17)13-6-4-3-5-7-13/h3-7,16-17H,2,8-12H2,1H3,(H,19,22)/t16-,17+/m1/s1. The molecule has 0 aliphatic carbocycles. The summed E-state index contributed by atoms with van der Waals surface area (Å²) in [5.41, 5.74) is 0.810. The third kappa shape index (κ3) is 3.82. The molecule has 0 bridgehead atoms. The third-order valence-electron chi connectivity index (χ3n) is 4.54. The monoisotopic (exact) mass is 345 g/mol. The van der Waals surface area contributed by atoms with E-state index in [0.29, 0.717) is 19.6 Å². The van der Waals surface area contributed by atoms with Crippen LogP contribution in [0.1, 0.15) is 24.9 Å². The van der Waals surface area contributed by atoms with Crippen molar-refractivity contribution in [3.8, 4) is 0 Å². The Bertz CT molecular complexity index is 649. The van der Waals surface area contributed by atoms with E-state index in [9.17, 15) is 14.4 Å².